The van der Waals surface area contributed by atoms with Crippen LogP contribution in [0.5, 0.6) is 0 Å². The summed E-state index contributed by atoms with van der Waals surface area (Å²) in [6.07, 6.45) is -2.44. The monoisotopic (exact) mass is 286 g/mol. The van der Waals surface area contributed by atoms with Crippen LogP contribution in [0, 0.1) is 6.92 Å². The molecule has 0 saturated heterocycles. The van der Waals surface area contributed by atoms with E-state index in [0.717, 1.165) is 37.1 Å². The summed E-state index contributed by atoms with van der Waals surface area (Å²) < 4.78 is 38.0. The third-order valence-corrected chi connectivity index (χ3v) is 3.56. The molecule has 1 N–H and O–H groups in total. The Morgan fingerprint density at radius 2 is 2.00 bits per heavy atom. The van der Waals surface area contributed by atoms with Gasteiger partial charge in [0, 0.05) is 18.3 Å². The van der Waals surface area contributed by atoms with Crippen molar-refractivity contribution in [2.45, 2.75) is 45.5 Å². The smallest absolute Gasteiger partial charge is 0.360 e. The Balaban J connectivity index is 2.15. The molecule has 0 heterocycles. The van der Waals surface area contributed by atoms with Gasteiger partial charge in [0.05, 0.1) is 0 Å². The number of hydrogen-bond donors (Lipinski definition) is 1. The van der Waals surface area contributed by atoms with E-state index in [0.29, 0.717) is 5.69 Å². The third-order valence-electron chi connectivity index (χ3n) is 3.56. The highest BCUT2D eigenvalue weighted by Gasteiger charge is 2.38. The molecule has 0 spiro atoms. The first-order valence-electron chi connectivity index (χ1n) is 7.04. The number of nitrogens with one attached hydrogen (secondary N) is 1. The highest BCUT2D eigenvalue weighted by molar-refractivity contribution is 5.52. The average molecular weight is 286 g/mol. The highest BCUT2D eigenvalue weighted by Crippen LogP contribution is 2.35. The van der Waals surface area contributed by atoms with Gasteiger partial charge in [0.2, 0.25) is 0 Å². The lowest BCUT2D eigenvalue weighted by Crippen LogP contribution is -2.36. The van der Waals surface area contributed by atoms with E-state index in [-0.39, 0.29) is 6.04 Å². The maximum atomic E-state index is 12.7. The van der Waals surface area contributed by atoms with Gasteiger partial charge in [-0.25, -0.2) is 0 Å². The summed E-state index contributed by atoms with van der Waals surface area (Å²) in [5, 5.41) is 3.23. The van der Waals surface area contributed by atoms with Gasteiger partial charge in [-0.15, -0.1) is 0 Å². The molecule has 1 aliphatic rings. The molecule has 1 saturated carbocycles. The first kappa shape index (κ1) is 15.2. The molecule has 112 valence electrons. The second kappa shape index (κ2) is 6.04. The fourth-order valence-corrected chi connectivity index (χ4v) is 2.33. The maximum absolute atomic E-state index is 12.7. The predicted octanol–water partition coefficient (Wildman–Crippen LogP) is 3.64. The third kappa shape index (κ3) is 4.13. The van der Waals surface area contributed by atoms with Crippen LogP contribution in [-0.4, -0.2) is 25.3 Å². The SMILES string of the molecule is CCNCc1ccc(N(CC(F)(F)F)C2CC2)cc1C. The molecule has 0 aliphatic heterocycles. The first-order chi connectivity index (χ1) is 9.40. The molecule has 0 unspecified atom stereocenters. The summed E-state index contributed by atoms with van der Waals surface area (Å²) in [5.41, 5.74) is 2.86. The zero-order valence-corrected chi connectivity index (χ0v) is 11.9. The Kier molecular flexibility index (Phi) is 4.58. The summed E-state index contributed by atoms with van der Waals surface area (Å²) in [6.45, 7) is 4.76. The van der Waals surface area contributed by atoms with E-state index in [1.54, 1.807) is 0 Å². The zero-order valence-electron chi connectivity index (χ0n) is 11.9. The number of anilines is 1. The largest absolute Gasteiger partial charge is 0.405 e. The lowest BCUT2D eigenvalue weighted by Gasteiger charge is -2.26. The van der Waals surface area contributed by atoms with Crippen LogP contribution >= 0.6 is 0 Å². The molecule has 1 fully saturated rings. The molecule has 20 heavy (non-hydrogen) atoms. The van der Waals surface area contributed by atoms with Gasteiger partial charge in [0.15, 0.2) is 0 Å². The standard InChI is InChI=1S/C15H21F3N2/c1-3-19-9-12-4-5-14(8-11(12)2)20(13-6-7-13)10-15(16,17)18/h4-5,8,13,19H,3,6-7,9-10H2,1-2H3. The van der Waals surface area contributed by atoms with E-state index >= 15 is 0 Å². The van der Waals surface area contributed by atoms with Crippen LogP contribution in [-0.2, 0) is 6.54 Å². The number of hydrogen-bond acceptors (Lipinski definition) is 2. The van der Waals surface area contributed by atoms with Crippen molar-refractivity contribution < 1.29 is 13.2 Å². The van der Waals surface area contributed by atoms with Crippen molar-refractivity contribution in [2.24, 2.45) is 0 Å². The Hall–Kier alpha value is -1.23. The van der Waals surface area contributed by atoms with Crippen molar-refractivity contribution in [1.29, 1.82) is 0 Å². The van der Waals surface area contributed by atoms with Gasteiger partial charge in [0.1, 0.15) is 6.54 Å². The van der Waals surface area contributed by atoms with Gasteiger partial charge in [-0.2, -0.15) is 13.2 Å². The van der Waals surface area contributed by atoms with E-state index in [4.69, 9.17) is 0 Å². The maximum Gasteiger partial charge on any atom is 0.405 e. The molecule has 5 heteroatoms. The van der Waals surface area contributed by atoms with Gasteiger partial charge < -0.3 is 10.2 Å². The number of rotatable bonds is 6. The zero-order chi connectivity index (χ0) is 14.8. The van der Waals surface area contributed by atoms with Crippen molar-refractivity contribution in [3.05, 3.63) is 29.3 Å². The minimum absolute atomic E-state index is 0.0515. The molecule has 2 rings (SSSR count). The average Bonchev–Trinajstić information content (AvgIpc) is 3.17. The molecule has 0 radical (unpaired) electrons. The molecule has 0 amide bonds. The topological polar surface area (TPSA) is 15.3 Å². The van der Waals surface area contributed by atoms with Crippen LogP contribution in [0.1, 0.15) is 30.9 Å². The Bertz CT molecular complexity index is 453. The lowest BCUT2D eigenvalue weighted by atomic mass is 10.1. The van der Waals surface area contributed by atoms with Crippen LogP contribution in [0.25, 0.3) is 0 Å². The van der Waals surface area contributed by atoms with Crippen molar-refractivity contribution in [1.82, 2.24) is 5.32 Å². The summed E-state index contributed by atoms with van der Waals surface area (Å²) in [6, 6.07) is 5.66. The van der Waals surface area contributed by atoms with Gasteiger partial charge in [-0.1, -0.05) is 13.0 Å². The second-order valence-electron chi connectivity index (χ2n) is 5.37. The van der Waals surface area contributed by atoms with E-state index < -0.39 is 12.7 Å². The van der Waals surface area contributed by atoms with Crippen molar-refractivity contribution >= 4 is 5.69 Å². The van der Waals surface area contributed by atoms with Gasteiger partial charge in [0.25, 0.3) is 0 Å². The quantitative estimate of drug-likeness (QED) is 0.859. The highest BCUT2D eigenvalue weighted by atomic mass is 19.4. The number of alkyl halides is 3. The van der Waals surface area contributed by atoms with Crippen LogP contribution in [0.2, 0.25) is 0 Å². The van der Waals surface area contributed by atoms with Crippen molar-refractivity contribution in [3.63, 3.8) is 0 Å². The summed E-state index contributed by atoms with van der Waals surface area (Å²) in [5.74, 6) is 0. The summed E-state index contributed by atoms with van der Waals surface area (Å²) >= 11 is 0. The molecular weight excluding hydrogens is 265 g/mol. The molecule has 1 aromatic rings. The van der Waals surface area contributed by atoms with Gasteiger partial charge in [-0.05, 0) is 49.6 Å². The van der Waals surface area contributed by atoms with Crippen molar-refractivity contribution in [2.75, 3.05) is 18.0 Å². The van der Waals surface area contributed by atoms with Crippen LogP contribution < -0.4 is 10.2 Å². The van der Waals surface area contributed by atoms with Crippen LogP contribution in [0.15, 0.2) is 18.2 Å². The minimum Gasteiger partial charge on any atom is -0.360 e. The normalized spacial score (nSPS) is 15.4. The minimum atomic E-state index is -4.15. The molecule has 1 aromatic carbocycles. The summed E-state index contributed by atoms with van der Waals surface area (Å²) in [7, 11) is 0. The summed E-state index contributed by atoms with van der Waals surface area (Å²) in [4.78, 5) is 1.49. The Labute approximate surface area is 118 Å². The molecule has 2 nitrogen and oxygen atoms in total. The van der Waals surface area contributed by atoms with Crippen molar-refractivity contribution in [3.8, 4) is 0 Å². The number of aryl methyl sites for hydroxylation is 1. The Morgan fingerprint density at radius 3 is 2.50 bits per heavy atom. The second-order valence-corrected chi connectivity index (χ2v) is 5.37. The molecule has 0 bridgehead atoms. The van der Waals surface area contributed by atoms with Crippen LogP contribution in [0.4, 0.5) is 18.9 Å². The fourth-order valence-electron chi connectivity index (χ4n) is 2.33. The molecule has 0 atom stereocenters. The van der Waals surface area contributed by atoms with E-state index in [1.165, 1.54) is 4.90 Å². The van der Waals surface area contributed by atoms with E-state index in [9.17, 15) is 13.2 Å². The number of nitrogens with zero attached hydrogens (tertiary/aromatic N) is 1. The molecular formula is C15H21F3N2. The molecule has 1 aliphatic carbocycles. The fraction of sp³-hybridized carbons (Fsp3) is 0.600. The van der Waals surface area contributed by atoms with E-state index in [2.05, 4.69) is 5.32 Å². The Morgan fingerprint density at radius 1 is 1.30 bits per heavy atom. The number of benzene rings is 1. The first-order valence-corrected chi connectivity index (χ1v) is 7.04. The van der Waals surface area contributed by atoms with Gasteiger partial charge >= 0.3 is 6.18 Å². The lowest BCUT2D eigenvalue weighted by molar-refractivity contribution is -0.120. The van der Waals surface area contributed by atoms with Crippen LogP contribution in [0.3, 0.4) is 0 Å². The molecule has 0 aromatic heterocycles. The van der Waals surface area contributed by atoms with E-state index in [1.807, 2.05) is 32.0 Å². The van der Waals surface area contributed by atoms with Gasteiger partial charge in [-0.3, -0.25) is 0 Å². The predicted molar refractivity (Wildman–Crippen MR) is 75.0 cm³/mol. The number of halogens is 3.